The summed E-state index contributed by atoms with van der Waals surface area (Å²) in [5, 5.41) is 0. The molecule has 2 aliphatic heterocycles. The van der Waals surface area contributed by atoms with Gasteiger partial charge in [0.2, 0.25) is 5.91 Å². The molecule has 0 spiro atoms. The maximum atomic E-state index is 12.5. The SMILES string of the molecule is CC(C)N1CCN(C(=O)CN2CCN(c3ccccc3)CC2)CC1. The van der Waals surface area contributed by atoms with Crippen LogP contribution in [0.2, 0.25) is 0 Å². The molecule has 2 fully saturated rings. The monoisotopic (exact) mass is 330 g/mol. The molecule has 0 atom stereocenters. The first-order chi connectivity index (χ1) is 11.6. The number of para-hydroxylation sites is 1. The van der Waals surface area contributed by atoms with Gasteiger partial charge in [-0.3, -0.25) is 14.6 Å². The summed E-state index contributed by atoms with van der Waals surface area (Å²) in [5.74, 6) is 0.298. The summed E-state index contributed by atoms with van der Waals surface area (Å²) in [5.41, 5.74) is 1.29. The minimum Gasteiger partial charge on any atom is -0.369 e. The Morgan fingerprint density at radius 1 is 0.917 bits per heavy atom. The minimum atomic E-state index is 0.298. The largest absolute Gasteiger partial charge is 0.369 e. The highest BCUT2D eigenvalue weighted by Crippen LogP contribution is 2.15. The Bertz CT molecular complexity index is 517. The lowest BCUT2D eigenvalue weighted by atomic mass is 10.2. The van der Waals surface area contributed by atoms with Gasteiger partial charge in [0.25, 0.3) is 0 Å². The molecule has 1 aromatic carbocycles. The Kier molecular flexibility index (Phi) is 5.74. The predicted octanol–water partition coefficient (Wildman–Crippen LogP) is 1.36. The molecule has 132 valence electrons. The second-order valence-electron chi connectivity index (χ2n) is 7.11. The van der Waals surface area contributed by atoms with Crippen molar-refractivity contribution in [2.45, 2.75) is 19.9 Å². The van der Waals surface area contributed by atoms with Gasteiger partial charge in [-0.05, 0) is 26.0 Å². The number of benzene rings is 1. The molecule has 2 aliphatic rings. The summed E-state index contributed by atoms with van der Waals surface area (Å²) < 4.78 is 0. The van der Waals surface area contributed by atoms with Crippen molar-refractivity contribution < 1.29 is 4.79 Å². The van der Waals surface area contributed by atoms with E-state index in [1.165, 1.54) is 5.69 Å². The van der Waals surface area contributed by atoms with E-state index >= 15 is 0 Å². The van der Waals surface area contributed by atoms with E-state index in [0.29, 0.717) is 18.5 Å². The van der Waals surface area contributed by atoms with Gasteiger partial charge in [-0.25, -0.2) is 0 Å². The van der Waals surface area contributed by atoms with Gasteiger partial charge in [-0.1, -0.05) is 18.2 Å². The Labute approximate surface area is 145 Å². The molecule has 0 aromatic heterocycles. The maximum absolute atomic E-state index is 12.5. The lowest BCUT2D eigenvalue weighted by molar-refractivity contribution is -0.134. The number of hydrogen-bond acceptors (Lipinski definition) is 4. The minimum absolute atomic E-state index is 0.298. The van der Waals surface area contributed by atoms with Crippen molar-refractivity contribution in [2.75, 3.05) is 63.8 Å². The Balaban J connectivity index is 1.42. The fraction of sp³-hybridized carbons (Fsp3) is 0.632. The van der Waals surface area contributed by atoms with Crippen LogP contribution in [0.1, 0.15) is 13.8 Å². The van der Waals surface area contributed by atoms with Crippen LogP contribution in [0.3, 0.4) is 0 Å². The number of amides is 1. The van der Waals surface area contributed by atoms with Crippen LogP contribution in [0, 0.1) is 0 Å². The standard InChI is InChI=1S/C19H30N4O/c1-17(2)21-12-14-23(15-13-21)19(24)16-20-8-10-22(11-9-20)18-6-4-3-5-7-18/h3-7,17H,8-16H2,1-2H3. The first kappa shape index (κ1) is 17.2. The molecule has 0 bridgehead atoms. The van der Waals surface area contributed by atoms with Crippen molar-refractivity contribution in [2.24, 2.45) is 0 Å². The third-order valence-corrected chi connectivity index (χ3v) is 5.25. The number of carbonyl (C=O) groups excluding carboxylic acids is 1. The summed E-state index contributed by atoms with van der Waals surface area (Å²) >= 11 is 0. The zero-order valence-corrected chi connectivity index (χ0v) is 15.0. The first-order valence-electron chi connectivity index (χ1n) is 9.17. The van der Waals surface area contributed by atoms with E-state index in [-0.39, 0.29) is 0 Å². The van der Waals surface area contributed by atoms with Crippen molar-refractivity contribution in [1.82, 2.24) is 14.7 Å². The summed E-state index contributed by atoms with van der Waals surface area (Å²) in [4.78, 5) is 21.7. The Hall–Kier alpha value is -1.59. The first-order valence-corrected chi connectivity index (χ1v) is 9.17. The lowest BCUT2D eigenvalue weighted by Crippen LogP contribution is -2.54. The molecule has 0 unspecified atom stereocenters. The van der Waals surface area contributed by atoms with Crippen LogP contribution in [0.4, 0.5) is 5.69 Å². The van der Waals surface area contributed by atoms with E-state index in [1.54, 1.807) is 0 Å². The number of carbonyl (C=O) groups is 1. The third kappa shape index (κ3) is 4.28. The molecule has 0 aliphatic carbocycles. The number of piperazine rings is 2. The smallest absolute Gasteiger partial charge is 0.236 e. The highest BCUT2D eigenvalue weighted by atomic mass is 16.2. The van der Waals surface area contributed by atoms with Crippen molar-refractivity contribution >= 4 is 11.6 Å². The van der Waals surface area contributed by atoms with E-state index < -0.39 is 0 Å². The van der Waals surface area contributed by atoms with Gasteiger partial charge >= 0.3 is 0 Å². The zero-order valence-electron chi connectivity index (χ0n) is 15.0. The number of anilines is 1. The van der Waals surface area contributed by atoms with Crippen LogP contribution in [0.15, 0.2) is 30.3 Å². The molecular weight excluding hydrogens is 300 g/mol. The number of hydrogen-bond donors (Lipinski definition) is 0. The van der Waals surface area contributed by atoms with Gasteiger partial charge in [-0.15, -0.1) is 0 Å². The van der Waals surface area contributed by atoms with Crippen molar-refractivity contribution in [3.8, 4) is 0 Å². The van der Waals surface area contributed by atoms with E-state index in [1.807, 2.05) is 4.90 Å². The van der Waals surface area contributed by atoms with Gasteiger partial charge in [0.1, 0.15) is 0 Å². The fourth-order valence-corrected chi connectivity index (χ4v) is 3.58. The molecule has 0 N–H and O–H groups in total. The predicted molar refractivity (Wildman–Crippen MR) is 98.4 cm³/mol. The molecule has 5 heteroatoms. The molecule has 2 heterocycles. The fourth-order valence-electron chi connectivity index (χ4n) is 3.58. The third-order valence-electron chi connectivity index (χ3n) is 5.25. The van der Waals surface area contributed by atoms with Crippen LogP contribution in [-0.4, -0.2) is 85.6 Å². The van der Waals surface area contributed by atoms with E-state index in [2.05, 4.69) is 58.9 Å². The molecule has 1 amide bonds. The normalized spacial score (nSPS) is 20.6. The molecule has 3 rings (SSSR count). The van der Waals surface area contributed by atoms with E-state index in [4.69, 9.17) is 0 Å². The van der Waals surface area contributed by atoms with Crippen molar-refractivity contribution in [1.29, 1.82) is 0 Å². The topological polar surface area (TPSA) is 30.0 Å². The summed E-state index contributed by atoms with van der Waals surface area (Å²) in [6.07, 6.45) is 0. The number of nitrogens with zero attached hydrogens (tertiary/aromatic N) is 4. The molecule has 0 radical (unpaired) electrons. The highest BCUT2D eigenvalue weighted by molar-refractivity contribution is 5.78. The average Bonchev–Trinajstić information content (AvgIpc) is 2.63. The van der Waals surface area contributed by atoms with Gasteiger partial charge in [-0.2, -0.15) is 0 Å². The van der Waals surface area contributed by atoms with Crippen LogP contribution in [-0.2, 0) is 4.79 Å². The molecular formula is C19H30N4O. The molecule has 2 saturated heterocycles. The van der Waals surface area contributed by atoms with Gasteiger partial charge in [0, 0.05) is 64.1 Å². The maximum Gasteiger partial charge on any atom is 0.236 e. The van der Waals surface area contributed by atoms with Crippen LogP contribution in [0.25, 0.3) is 0 Å². The highest BCUT2D eigenvalue weighted by Gasteiger charge is 2.25. The Morgan fingerprint density at radius 2 is 1.54 bits per heavy atom. The van der Waals surface area contributed by atoms with Gasteiger partial charge < -0.3 is 9.80 Å². The molecule has 5 nitrogen and oxygen atoms in total. The second-order valence-corrected chi connectivity index (χ2v) is 7.11. The second kappa shape index (κ2) is 7.99. The number of rotatable bonds is 4. The van der Waals surface area contributed by atoms with E-state index in [0.717, 1.165) is 52.4 Å². The average molecular weight is 330 g/mol. The quantitative estimate of drug-likeness (QED) is 0.834. The Morgan fingerprint density at radius 3 is 2.12 bits per heavy atom. The van der Waals surface area contributed by atoms with Gasteiger partial charge in [0.15, 0.2) is 0 Å². The molecule has 0 saturated carbocycles. The van der Waals surface area contributed by atoms with Crippen LogP contribution in [0.5, 0.6) is 0 Å². The summed E-state index contributed by atoms with van der Waals surface area (Å²) in [6.45, 7) is 12.7. The van der Waals surface area contributed by atoms with Crippen molar-refractivity contribution in [3.05, 3.63) is 30.3 Å². The summed E-state index contributed by atoms with van der Waals surface area (Å²) in [6, 6.07) is 11.1. The summed E-state index contributed by atoms with van der Waals surface area (Å²) in [7, 11) is 0. The lowest BCUT2D eigenvalue weighted by Gasteiger charge is -2.39. The van der Waals surface area contributed by atoms with E-state index in [9.17, 15) is 4.79 Å². The molecule has 24 heavy (non-hydrogen) atoms. The zero-order chi connectivity index (χ0) is 16.9. The van der Waals surface area contributed by atoms with Crippen LogP contribution < -0.4 is 4.90 Å². The van der Waals surface area contributed by atoms with Crippen molar-refractivity contribution in [3.63, 3.8) is 0 Å². The molecule has 1 aromatic rings. The van der Waals surface area contributed by atoms with Crippen LogP contribution >= 0.6 is 0 Å². The van der Waals surface area contributed by atoms with Gasteiger partial charge in [0.05, 0.1) is 6.54 Å².